The second-order valence-corrected chi connectivity index (χ2v) is 6.84. The van der Waals surface area contributed by atoms with Crippen molar-refractivity contribution in [2.24, 2.45) is 5.92 Å². The lowest BCUT2D eigenvalue weighted by molar-refractivity contribution is -0.137. The molecular weight excluding hydrogens is 292 g/mol. The minimum Gasteiger partial charge on any atom is -0.481 e. The van der Waals surface area contributed by atoms with E-state index in [0.717, 1.165) is 19.3 Å². The van der Waals surface area contributed by atoms with E-state index in [2.05, 4.69) is 6.92 Å². The summed E-state index contributed by atoms with van der Waals surface area (Å²) in [6, 6.07) is 0. The average molecular weight is 331 g/mol. The van der Waals surface area contributed by atoms with E-state index in [1.165, 1.54) is 51.4 Å². The molecule has 4 heteroatoms. The highest BCUT2D eigenvalue weighted by molar-refractivity contribution is 5.66. The Kier molecular flexibility index (Phi) is 15.8. The lowest BCUT2D eigenvalue weighted by atomic mass is 9.90. The van der Waals surface area contributed by atoms with E-state index in [9.17, 15) is 9.90 Å². The summed E-state index contributed by atoms with van der Waals surface area (Å²) in [5, 5.41) is 27.3. The number of hydrogen-bond acceptors (Lipinski definition) is 3. The molecule has 0 saturated carbocycles. The minimum absolute atomic E-state index is 0.198. The van der Waals surface area contributed by atoms with Crippen molar-refractivity contribution in [3.63, 3.8) is 0 Å². The highest BCUT2D eigenvalue weighted by atomic mass is 16.4. The van der Waals surface area contributed by atoms with Crippen molar-refractivity contribution >= 4 is 5.97 Å². The summed E-state index contributed by atoms with van der Waals surface area (Å²) in [5.41, 5.74) is 0. The van der Waals surface area contributed by atoms with Gasteiger partial charge >= 0.3 is 5.97 Å². The van der Waals surface area contributed by atoms with Gasteiger partial charge in [-0.15, -0.1) is 0 Å². The molecule has 0 aromatic heterocycles. The quantitative estimate of drug-likeness (QED) is 0.343. The number of carboxylic acids is 1. The van der Waals surface area contributed by atoms with Gasteiger partial charge in [-0.3, -0.25) is 4.79 Å². The van der Waals surface area contributed by atoms with E-state index in [1.54, 1.807) is 0 Å². The van der Waals surface area contributed by atoms with Gasteiger partial charge in [-0.05, 0) is 25.2 Å². The zero-order chi connectivity index (χ0) is 17.3. The first-order valence-corrected chi connectivity index (χ1v) is 9.60. The Hall–Kier alpha value is -0.610. The summed E-state index contributed by atoms with van der Waals surface area (Å²) >= 11 is 0. The first-order valence-electron chi connectivity index (χ1n) is 9.60. The van der Waals surface area contributed by atoms with Crippen LogP contribution in [-0.4, -0.2) is 34.0 Å². The molecule has 0 aliphatic carbocycles. The number of aliphatic hydroxyl groups excluding tert-OH is 2. The molecule has 4 nitrogen and oxygen atoms in total. The van der Waals surface area contributed by atoms with Crippen molar-refractivity contribution in [1.29, 1.82) is 0 Å². The van der Waals surface area contributed by atoms with Crippen LogP contribution in [0.5, 0.6) is 0 Å². The lowest BCUT2D eigenvalue weighted by Gasteiger charge is -2.19. The van der Waals surface area contributed by atoms with Crippen LogP contribution in [0.15, 0.2) is 0 Å². The van der Waals surface area contributed by atoms with Gasteiger partial charge in [0.15, 0.2) is 0 Å². The van der Waals surface area contributed by atoms with E-state index >= 15 is 0 Å². The standard InChI is InChI=1S/C19H38O4/c1-2-3-4-5-6-7-8-9-10-12-17(15-18(21)16-20)13-11-14-19(22)23/h17-18,20-21H,2-16H2,1H3,(H,22,23). The second kappa shape index (κ2) is 16.3. The Morgan fingerprint density at radius 1 is 0.870 bits per heavy atom. The molecule has 0 fully saturated rings. The molecule has 0 aliphatic heterocycles. The second-order valence-electron chi connectivity index (χ2n) is 6.84. The fourth-order valence-electron chi connectivity index (χ4n) is 3.12. The zero-order valence-electron chi connectivity index (χ0n) is 15.0. The molecule has 0 aliphatic rings. The summed E-state index contributed by atoms with van der Waals surface area (Å²) in [5.74, 6) is -0.421. The van der Waals surface area contributed by atoms with Gasteiger partial charge in [-0.1, -0.05) is 71.1 Å². The van der Waals surface area contributed by atoms with Crippen LogP contribution < -0.4 is 0 Å². The molecular formula is C19H38O4. The van der Waals surface area contributed by atoms with E-state index in [1.807, 2.05) is 0 Å². The van der Waals surface area contributed by atoms with Gasteiger partial charge in [0.1, 0.15) is 0 Å². The van der Waals surface area contributed by atoms with Crippen molar-refractivity contribution in [3.8, 4) is 0 Å². The number of aliphatic hydroxyl groups is 2. The zero-order valence-corrected chi connectivity index (χ0v) is 15.0. The van der Waals surface area contributed by atoms with Gasteiger partial charge in [-0.2, -0.15) is 0 Å². The maximum Gasteiger partial charge on any atom is 0.303 e. The van der Waals surface area contributed by atoms with Crippen LogP contribution in [0.2, 0.25) is 0 Å². The normalized spacial score (nSPS) is 13.9. The Balaban J connectivity index is 3.71. The van der Waals surface area contributed by atoms with Crippen LogP contribution in [0.4, 0.5) is 0 Å². The topological polar surface area (TPSA) is 77.8 Å². The van der Waals surface area contributed by atoms with Crippen molar-refractivity contribution in [2.45, 2.75) is 103 Å². The number of hydrogen-bond donors (Lipinski definition) is 3. The minimum atomic E-state index is -0.755. The summed E-state index contributed by atoms with van der Waals surface area (Å²) in [6.45, 7) is 2.04. The molecule has 0 amide bonds. The van der Waals surface area contributed by atoms with Crippen LogP contribution in [0.25, 0.3) is 0 Å². The van der Waals surface area contributed by atoms with E-state index in [4.69, 9.17) is 10.2 Å². The number of rotatable bonds is 17. The van der Waals surface area contributed by atoms with Crippen LogP contribution in [0.1, 0.15) is 96.8 Å². The van der Waals surface area contributed by atoms with Crippen LogP contribution in [0, 0.1) is 5.92 Å². The molecule has 3 N–H and O–H groups in total. The molecule has 0 radical (unpaired) electrons. The predicted octanol–water partition coefficient (Wildman–Crippen LogP) is 4.52. The number of aliphatic carboxylic acids is 1. The smallest absolute Gasteiger partial charge is 0.303 e. The van der Waals surface area contributed by atoms with E-state index in [-0.39, 0.29) is 13.0 Å². The average Bonchev–Trinajstić information content (AvgIpc) is 2.52. The van der Waals surface area contributed by atoms with Gasteiger partial charge in [0.25, 0.3) is 0 Å². The molecule has 0 spiro atoms. The third kappa shape index (κ3) is 16.0. The van der Waals surface area contributed by atoms with Crippen molar-refractivity contribution < 1.29 is 20.1 Å². The van der Waals surface area contributed by atoms with Crippen LogP contribution in [-0.2, 0) is 4.79 Å². The molecule has 138 valence electrons. The monoisotopic (exact) mass is 330 g/mol. The Morgan fingerprint density at radius 2 is 1.39 bits per heavy atom. The summed E-state index contributed by atoms with van der Waals surface area (Å²) in [6.07, 6.45) is 14.3. The highest BCUT2D eigenvalue weighted by Crippen LogP contribution is 2.22. The molecule has 2 unspecified atom stereocenters. The largest absolute Gasteiger partial charge is 0.481 e. The Labute approximate surface area is 142 Å². The molecule has 0 bridgehead atoms. The van der Waals surface area contributed by atoms with Crippen molar-refractivity contribution in [2.75, 3.05) is 6.61 Å². The van der Waals surface area contributed by atoms with Gasteiger partial charge in [0, 0.05) is 6.42 Å². The first-order chi connectivity index (χ1) is 11.1. The third-order valence-electron chi connectivity index (χ3n) is 4.54. The number of unbranched alkanes of at least 4 members (excludes halogenated alkanes) is 8. The van der Waals surface area contributed by atoms with Gasteiger partial charge in [0.2, 0.25) is 0 Å². The van der Waals surface area contributed by atoms with Crippen LogP contribution >= 0.6 is 0 Å². The highest BCUT2D eigenvalue weighted by Gasteiger charge is 2.14. The lowest BCUT2D eigenvalue weighted by Crippen LogP contribution is -2.18. The van der Waals surface area contributed by atoms with Gasteiger partial charge in [-0.25, -0.2) is 0 Å². The SMILES string of the molecule is CCCCCCCCCCCC(CCCC(=O)O)CC(O)CO. The van der Waals surface area contributed by atoms with Gasteiger partial charge < -0.3 is 15.3 Å². The summed E-state index contributed by atoms with van der Waals surface area (Å²) in [7, 11) is 0. The number of carbonyl (C=O) groups is 1. The summed E-state index contributed by atoms with van der Waals surface area (Å²) < 4.78 is 0. The molecule has 0 aromatic carbocycles. The maximum atomic E-state index is 10.6. The third-order valence-corrected chi connectivity index (χ3v) is 4.54. The van der Waals surface area contributed by atoms with Crippen molar-refractivity contribution in [1.82, 2.24) is 0 Å². The Morgan fingerprint density at radius 3 is 1.91 bits per heavy atom. The van der Waals surface area contributed by atoms with Gasteiger partial charge in [0.05, 0.1) is 12.7 Å². The summed E-state index contributed by atoms with van der Waals surface area (Å²) in [4.78, 5) is 10.6. The Bertz CT molecular complexity index is 268. The van der Waals surface area contributed by atoms with Crippen LogP contribution in [0.3, 0.4) is 0 Å². The van der Waals surface area contributed by atoms with E-state index < -0.39 is 12.1 Å². The first kappa shape index (κ1) is 22.4. The fraction of sp³-hybridized carbons (Fsp3) is 0.947. The fourth-order valence-corrected chi connectivity index (χ4v) is 3.12. The maximum absolute atomic E-state index is 10.6. The molecule has 0 heterocycles. The number of carboxylic acid groups (broad SMARTS) is 1. The molecule has 0 rings (SSSR count). The molecule has 0 aromatic rings. The molecule has 0 saturated heterocycles. The van der Waals surface area contributed by atoms with E-state index in [0.29, 0.717) is 18.8 Å². The van der Waals surface area contributed by atoms with Crippen molar-refractivity contribution in [3.05, 3.63) is 0 Å². The molecule has 2 atom stereocenters. The molecule has 23 heavy (non-hydrogen) atoms. The predicted molar refractivity (Wildman–Crippen MR) is 94.5 cm³/mol.